The molecule has 0 aliphatic carbocycles. The SMILES string of the molecule is COC(=O)c1c(-c2ccccc2Br)c(C(=O)OC)c2ccccc2c1O. The molecule has 1 N–H and O–H groups in total. The molecule has 6 heteroatoms. The van der Waals surface area contributed by atoms with Gasteiger partial charge in [0.25, 0.3) is 0 Å². The number of ether oxygens (including phenoxy) is 2. The van der Waals surface area contributed by atoms with Gasteiger partial charge in [0.05, 0.1) is 19.8 Å². The summed E-state index contributed by atoms with van der Waals surface area (Å²) in [5.74, 6) is -1.60. The molecule has 26 heavy (non-hydrogen) atoms. The van der Waals surface area contributed by atoms with Gasteiger partial charge in [0.15, 0.2) is 0 Å². The van der Waals surface area contributed by atoms with E-state index in [0.29, 0.717) is 20.8 Å². The monoisotopic (exact) mass is 414 g/mol. The van der Waals surface area contributed by atoms with Gasteiger partial charge in [-0.1, -0.05) is 58.4 Å². The number of hydrogen-bond donors (Lipinski definition) is 1. The summed E-state index contributed by atoms with van der Waals surface area (Å²) in [5.41, 5.74) is 0.924. The van der Waals surface area contributed by atoms with Crippen LogP contribution >= 0.6 is 15.9 Å². The quantitative estimate of drug-likeness (QED) is 0.636. The fraction of sp³-hybridized carbons (Fsp3) is 0.100. The molecule has 132 valence electrons. The van der Waals surface area contributed by atoms with Gasteiger partial charge in [-0.25, -0.2) is 9.59 Å². The molecular weight excluding hydrogens is 400 g/mol. The molecule has 0 amide bonds. The highest BCUT2D eigenvalue weighted by Crippen LogP contribution is 2.43. The summed E-state index contributed by atoms with van der Waals surface area (Å²) >= 11 is 3.45. The van der Waals surface area contributed by atoms with E-state index in [1.54, 1.807) is 42.5 Å². The predicted molar refractivity (Wildman–Crippen MR) is 101 cm³/mol. The van der Waals surface area contributed by atoms with E-state index >= 15 is 0 Å². The van der Waals surface area contributed by atoms with Crippen molar-refractivity contribution in [2.75, 3.05) is 14.2 Å². The van der Waals surface area contributed by atoms with Crippen LogP contribution in [0, 0.1) is 0 Å². The minimum absolute atomic E-state index is 0.0847. The molecule has 0 unspecified atom stereocenters. The number of rotatable bonds is 3. The summed E-state index contributed by atoms with van der Waals surface area (Å²) in [5, 5.41) is 11.6. The maximum atomic E-state index is 12.6. The lowest BCUT2D eigenvalue weighted by atomic mass is 9.88. The molecule has 3 rings (SSSR count). The molecule has 0 saturated heterocycles. The second kappa shape index (κ2) is 7.17. The van der Waals surface area contributed by atoms with Crippen LogP contribution in [-0.2, 0) is 9.47 Å². The van der Waals surface area contributed by atoms with Crippen LogP contribution in [0.3, 0.4) is 0 Å². The molecule has 0 atom stereocenters. The molecule has 5 nitrogen and oxygen atoms in total. The average Bonchev–Trinajstić information content (AvgIpc) is 2.67. The Balaban J connectivity index is 2.60. The Labute approximate surface area is 158 Å². The molecule has 3 aromatic rings. The van der Waals surface area contributed by atoms with E-state index in [4.69, 9.17) is 9.47 Å². The third-order valence-electron chi connectivity index (χ3n) is 4.11. The third kappa shape index (κ3) is 2.82. The second-order valence-corrected chi connectivity index (χ2v) is 6.34. The Morgan fingerprint density at radius 1 is 0.846 bits per heavy atom. The van der Waals surface area contributed by atoms with Crippen molar-refractivity contribution in [3.05, 3.63) is 64.1 Å². The Kier molecular flexibility index (Phi) is 4.95. The minimum Gasteiger partial charge on any atom is -0.506 e. The molecule has 3 aromatic carbocycles. The van der Waals surface area contributed by atoms with Gasteiger partial charge in [0.2, 0.25) is 0 Å². The van der Waals surface area contributed by atoms with Crippen LogP contribution in [0.5, 0.6) is 5.75 Å². The molecule has 0 aromatic heterocycles. The first kappa shape index (κ1) is 17.9. The molecule has 0 heterocycles. The molecule has 0 aliphatic heterocycles. The largest absolute Gasteiger partial charge is 0.506 e. The van der Waals surface area contributed by atoms with Crippen LogP contribution in [0.1, 0.15) is 20.7 Å². The number of methoxy groups -OCH3 is 2. The maximum Gasteiger partial charge on any atom is 0.342 e. The van der Waals surface area contributed by atoms with E-state index in [1.165, 1.54) is 14.2 Å². The number of carbonyl (C=O) groups excluding carboxylic acids is 2. The van der Waals surface area contributed by atoms with Crippen LogP contribution in [0.25, 0.3) is 21.9 Å². The molecule has 0 aliphatic rings. The number of halogens is 1. The van der Waals surface area contributed by atoms with Crippen LogP contribution in [0.15, 0.2) is 53.0 Å². The van der Waals surface area contributed by atoms with Crippen LogP contribution in [-0.4, -0.2) is 31.3 Å². The summed E-state index contributed by atoms with van der Waals surface area (Å²) in [6.45, 7) is 0. The number of hydrogen-bond acceptors (Lipinski definition) is 5. The summed E-state index contributed by atoms with van der Waals surface area (Å²) in [7, 11) is 2.49. The zero-order chi connectivity index (χ0) is 18.8. The highest BCUT2D eigenvalue weighted by Gasteiger charge is 2.29. The van der Waals surface area contributed by atoms with Crippen molar-refractivity contribution >= 4 is 38.6 Å². The number of phenols is 1. The molecule has 0 bridgehead atoms. The van der Waals surface area contributed by atoms with E-state index in [2.05, 4.69) is 15.9 Å². The van der Waals surface area contributed by atoms with Crippen molar-refractivity contribution in [3.63, 3.8) is 0 Å². The smallest absolute Gasteiger partial charge is 0.342 e. The Morgan fingerprint density at radius 3 is 2.00 bits per heavy atom. The Bertz CT molecular complexity index is 1030. The molecule has 0 saturated carbocycles. The van der Waals surface area contributed by atoms with Crippen molar-refractivity contribution in [1.82, 2.24) is 0 Å². The van der Waals surface area contributed by atoms with Gasteiger partial charge in [-0.15, -0.1) is 0 Å². The fourth-order valence-corrected chi connectivity index (χ4v) is 3.45. The van der Waals surface area contributed by atoms with E-state index < -0.39 is 11.9 Å². The highest BCUT2D eigenvalue weighted by molar-refractivity contribution is 9.10. The number of aromatic hydroxyl groups is 1. The Morgan fingerprint density at radius 2 is 1.38 bits per heavy atom. The van der Waals surface area contributed by atoms with Gasteiger partial charge < -0.3 is 14.6 Å². The highest BCUT2D eigenvalue weighted by atomic mass is 79.9. The van der Waals surface area contributed by atoms with Crippen molar-refractivity contribution in [3.8, 4) is 16.9 Å². The fourth-order valence-electron chi connectivity index (χ4n) is 2.97. The second-order valence-electron chi connectivity index (χ2n) is 5.48. The van der Waals surface area contributed by atoms with E-state index in [-0.39, 0.29) is 22.4 Å². The molecule has 0 spiro atoms. The van der Waals surface area contributed by atoms with Gasteiger partial charge in [-0.2, -0.15) is 0 Å². The van der Waals surface area contributed by atoms with Crippen LogP contribution < -0.4 is 0 Å². The standard InChI is InChI=1S/C20H15BrO5/c1-25-19(23)16-11-7-3-4-8-12(11)18(22)17(20(24)26-2)15(16)13-9-5-6-10-14(13)21/h3-10,22H,1-2H3. The number of fused-ring (bicyclic) bond motifs is 1. The lowest BCUT2D eigenvalue weighted by Crippen LogP contribution is -2.12. The molecule has 0 fully saturated rings. The zero-order valence-electron chi connectivity index (χ0n) is 14.1. The molecular formula is C20H15BrO5. The zero-order valence-corrected chi connectivity index (χ0v) is 15.7. The van der Waals surface area contributed by atoms with Crippen LogP contribution in [0.2, 0.25) is 0 Å². The van der Waals surface area contributed by atoms with Crippen molar-refractivity contribution in [2.24, 2.45) is 0 Å². The predicted octanol–water partition coefficient (Wildman–Crippen LogP) is 4.55. The first-order valence-corrected chi connectivity index (χ1v) is 8.49. The maximum absolute atomic E-state index is 12.6. The number of esters is 2. The van der Waals surface area contributed by atoms with Crippen LogP contribution in [0.4, 0.5) is 0 Å². The van der Waals surface area contributed by atoms with E-state index in [1.807, 2.05) is 6.07 Å². The number of benzene rings is 3. The molecule has 0 radical (unpaired) electrons. The lowest BCUT2D eigenvalue weighted by molar-refractivity contribution is 0.0598. The van der Waals surface area contributed by atoms with E-state index in [9.17, 15) is 14.7 Å². The van der Waals surface area contributed by atoms with Gasteiger partial charge in [0.1, 0.15) is 11.3 Å². The van der Waals surface area contributed by atoms with Gasteiger partial charge >= 0.3 is 11.9 Å². The summed E-state index contributed by atoms with van der Waals surface area (Å²) in [6, 6.07) is 13.9. The van der Waals surface area contributed by atoms with Crippen molar-refractivity contribution < 1.29 is 24.2 Å². The minimum atomic E-state index is -0.746. The number of carbonyl (C=O) groups is 2. The lowest BCUT2D eigenvalue weighted by Gasteiger charge is -2.18. The topological polar surface area (TPSA) is 72.8 Å². The summed E-state index contributed by atoms with van der Waals surface area (Å²) in [4.78, 5) is 25.1. The van der Waals surface area contributed by atoms with Gasteiger partial charge in [0, 0.05) is 20.8 Å². The van der Waals surface area contributed by atoms with Gasteiger partial charge in [-0.3, -0.25) is 0 Å². The first-order chi connectivity index (χ1) is 12.5. The summed E-state index contributed by atoms with van der Waals surface area (Å²) in [6.07, 6.45) is 0. The van der Waals surface area contributed by atoms with Gasteiger partial charge in [-0.05, 0) is 11.6 Å². The first-order valence-electron chi connectivity index (χ1n) is 7.70. The normalized spacial score (nSPS) is 10.6. The van der Waals surface area contributed by atoms with Crippen molar-refractivity contribution in [1.29, 1.82) is 0 Å². The van der Waals surface area contributed by atoms with Crippen molar-refractivity contribution in [2.45, 2.75) is 0 Å². The Hall–Kier alpha value is -2.86. The number of phenolic OH excluding ortho intramolecular Hbond substituents is 1. The summed E-state index contributed by atoms with van der Waals surface area (Å²) < 4.78 is 10.5. The van der Waals surface area contributed by atoms with E-state index in [0.717, 1.165) is 0 Å². The third-order valence-corrected chi connectivity index (χ3v) is 4.80. The average molecular weight is 415 g/mol.